The van der Waals surface area contributed by atoms with Crippen LogP contribution in [0.15, 0.2) is 12.1 Å². The summed E-state index contributed by atoms with van der Waals surface area (Å²) < 4.78 is 38.2. The van der Waals surface area contributed by atoms with Crippen LogP contribution in [0.25, 0.3) is 0 Å². The molecule has 1 radical (unpaired) electrons. The smallest absolute Gasteiger partial charge is 0.129 e. The van der Waals surface area contributed by atoms with Crippen molar-refractivity contribution >= 4 is 14.0 Å². The molecule has 0 aromatic heterocycles. The molecule has 0 amide bonds. The average molecular weight is 209 g/mol. The Bertz CT molecular complexity index is 275. The molecule has 0 aliphatic rings. The minimum atomic E-state index is -1.21. The van der Waals surface area contributed by atoms with Crippen molar-refractivity contribution in [1.29, 1.82) is 0 Å². The van der Waals surface area contributed by atoms with Crippen LogP contribution in [0.4, 0.5) is 17.9 Å². The summed E-state index contributed by atoms with van der Waals surface area (Å²) in [5, 5.41) is 0.0430. The third-order valence-electron chi connectivity index (χ3n) is 1.51. The largest absolute Gasteiger partial charge is 0.269 e. The van der Waals surface area contributed by atoms with E-state index >= 15 is 0 Å². The van der Waals surface area contributed by atoms with Crippen LogP contribution in [0.2, 0.25) is 13.1 Å². The summed E-state index contributed by atoms with van der Waals surface area (Å²) in [6, 6.07) is 1.44. The van der Waals surface area contributed by atoms with E-state index in [1.54, 1.807) is 13.1 Å². The molecular weight excluding hydrogens is 200 g/mol. The molecule has 73 valence electrons. The van der Waals surface area contributed by atoms with E-state index in [1.807, 2.05) is 0 Å². The van der Waals surface area contributed by atoms with E-state index in [9.17, 15) is 13.2 Å². The van der Waals surface area contributed by atoms with Gasteiger partial charge in [0.05, 0.1) is 8.80 Å². The standard InChI is InChI=1S/C8H8F3Si.FH/c1-12(2)8-6(10)3-5(9)4-7(8)11;/h3-4H,1-2H3;1H. The molecule has 0 N–H and O–H groups in total. The summed E-state index contributed by atoms with van der Waals surface area (Å²) >= 11 is 0. The van der Waals surface area contributed by atoms with Crippen molar-refractivity contribution in [3.05, 3.63) is 29.6 Å². The summed E-state index contributed by atoms with van der Waals surface area (Å²) in [6.45, 7) is 3.51. The first-order valence-corrected chi connectivity index (χ1v) is 5.97. The zero-order valence-electron chi connectivity index (χ0n) is 7.20. The van der Waals surface area contributed by atoms with Crippen molar-refractivity contribution in [3.8, 4) is 0 Å². The lowest BCUT2D eigenvalue weighted by Crippen LogP contribution is -2.30. The van der Waals surface area contributed by atoms with Crippen molar-refractivity contribution in [2.24, 2.45) is 0 Å². The number of benzene rings is 1. The Balaban J connectivity index is 0.00000144. The maximum atomic E-state index is 12.9. The van der Waals surface area contributed by atoms with Crippen LogP contribution in [0.3, 0.4) is 0 Å². The third kappa shape index (κ3) is 2.55. The van der Waals surface area contributed by atoms with E-state index < -0.39 is 26.2 Å². The quantitative estimate of drug-likeness (QED) is 0.491. The van der Waals surface area contributed by atoms with Gasteiger partial charge in [-0.05, 0) is 0 Å². The monoisotopic (exact) mass is 209 g/mol. The van der Waals surface area contributed by atoms with Gasteiger partial charge in [-0.3, -0.25) is 4.70 Å². The Hall–Kier alpha value is -0.843. The molecule has 0 atom stereocenters. The van der Waals surface area contributed by atoms with Crippen molar-refractivity contribution < 1.29 is 17.9 Å². The van der Waals surface area contributed by atoms with E-state index in [2.05, 4.69) is 0 Å². The lowest BCUT2D eigenvalue weighted by atomic mass is 10.3. The Morgan fingerprint density at radius 1 is 1.00 bits per heavy atom. The summed E-state index contributed by atoms with van der Waals surface area (Å²) in [4.78, 5) is 0. The molecule has 1 aromatic rings. The lowest BCUT2D eigenvalue weighted by molar-refractivity contribution is 0.553. The number of rotatable bonds is 1. The second kappa shape index (κ2) is 4.41. The molecule has 13 heavy (non-hydrogen) atoms. The van der Waals surface area contributed by atoms with E-state index in [1.165, 1.54) is 0 Å². The lowest BCUT2D eigenvalue weighted by Gasteiger charge is -2.06. The minimum absolute atomic E-state index is 0. The van der Waals surface area contributed by atoms with Crippen LogP contribution in [-0.4, -0.2) is 8.80 Å². The van der Waals surface area contributed by atoms with Crippen LogP contribution >= 0.6 is 0 Å². The van der Waals surface area contributed by atoms with Gasteiger partial charge in [-0.1, -0.05) is 13.1 Å². The predicted molar refractivity (Wildman–Crippen MR) is 45.9 cm³/mol. The van der Waals surface area contributed by atoms with Crippen LogP contribution in [-0.2, 0) is 0 Å². The van der Waals surface area contributed by atoms with E-state index in [-0.39, 0.29) is 9.89 Å². The number of halogens is 4. The zero-order chi connectivity index (χ0) is 9.30. The molecule has 0 spiro atoms. The molecule has 0 saturated heterocycles. The number of hydrogen-bond acceptors (Lipinski definition) is 0. The zero-order valence-corrected chi connectivity index (χ0v) is 8.20. The predicted octanol–water partition coefficient (Wildman–Crippen LogP) is 2.22. The summed E-state index contributed by atoms with van der Waals surface area (Å²) in [5.74, 6) is -2.41. The second-order valence-electron chi connectivity index (χ2n) is 2.74. The molecule has 0 nitrogen and oxygen atoms in total. The molecule has 0 aliphatic carbocycles. The molecule has 0 saturated carbocycles. The van der Waals surface area contributed by atoms with Gasteiger partial charge in [-0.15, -0.1) is 0 Å². The Kier molecular flexibility index (Phi) is 4.12. The highest BCUT2D eigenvalue weighted by atomic mass is 28.3. The normalized spacial score (nSPS) is 10.0. The Labute approximate surface area is 75.4 Å². The molecule has 0 unspecified atom stereocenters. The van der Waals surface area contributed by atoms with Gasteiger partial charge in [0.2, 0.25) is 0 Å². The summed E-state index contributed by atoms with van der Waals surface area (Å²) in [7, 11) is -1.21. The first-order valence-electron chi connectivity index (χ1n) is 3.47. The van der Waals surface area contributed by atoms with Gasteiger partial charge in [0, 0.05) is 17.3 Å². The maximum Gasteiger partial charge on any atom is 0.129 e. The Morgan fingerprint density at radius 2 is 1.38 bits per heavy atom. The molecule has 0 heterocycles. The topological polar surface area (TPSA) is 0 Å². The van der Waals surface area contributed by atoms with E-state index in [4.69, 9.17) is 0 Å². The average Bonchev–Trinajstić information content (AvgIpc) is 1.82. The second-order valence-corrected chi connectivity index (χ2v) is 5.24. The van der Waals surface area contributed by atoms with Gasteiger partial charge >= 0.3 is 0 Å². The SMILES string of the molecule is C[Si](C)c1c(F)cc(F)cc1F.F. The molecule has 5 heteroatoms. The highest BCUT2D eigenvalue weighted by Crippen LogP contribution is 2.05. The van der Waals surface area contributed by atoms with Crippen molar-refractivity contribution in [2.75, 3.05) is 0 Å². The van der Waals surface area contributed by atoms with Gasteiger partial charge < -0.3 is 0 Å². The fourth-order valence-corrected chi connectivity index (χ4v) is 2.12. The van der Waals surface area contributed by atoms with Gasteiger partial charge in [0.25, 0.3) is 0 Å². The van der Waals surface area contributed by atoms with E-state index in [0.29, 0.717) is 0 Å². The van der Waals surface area contributed by atoms with Crippen molar-refractivity contribution in [3.63, 3.8) is 0 Å². The fourth-order valence-electron chi connectivity index (χ4n) is 1.02. The number of hydrogen-bond donors (Lipinski definition) is 0. The van der Waals surface area contributed by atoms with Crippen LogP contribution in [0, 0.1) is 17.5 Å². The molecule has 1 rings (SSSR count). The van der Waals surface area contributed by atoms with Gasteiger partial charge in [0.15, 0.2) is 0 Å². The molecule has 0 bridgehead atoms. The fraction of sp³-hybridized carbons (Fsp3) is 0.250. The highest BCUT2D eigenvalue weighted by molar-refractivity contribution is 6.70. The minimum Gasteiger partial charge on any atom is -0.269 e. The van der Waals surface area contributed by atoms with Gasteiger partial charge in [-0.2, -0.15) is 0 Å². The highest BCUT2D eigenvalue weighted by Gasteiger charge is 2.14. The molecular formula is C8H9F4Si. The van der Waals surface area contributed by atoms with Crippen LogP contribution in [0.5, 0.6) is 0 Å². The maximum absolute atomic E-state index is 12.9. The summed E-state index contributed by atoms with van der Waals surface area (Å²) in [6.07, 6.45) is 0. The first-order chi connectivity index (χ1) is 5.52. The van der Waals surface area contributed by atoms with Crippen molar-refractivity contribution in [1.82, 2.24) is 0 Å². The third-order valence-corrected chi connectivity index (χ3v) is 2.98. The molecule has 0 aliphatic heterocycles. The van der Waals surface area contributed by atoms with Crippen molar-refractivity contribution in [2.45, 2.75) is 13.1 Å². The molecule has 0 fully saturated rings. The first kappa shape index (κ1) is 12.2. The van der Waals surface area contributed by atoms with Gasteiger partial charge in [-0.25, -0.2) is 13.2 Å². The summed E-state index contributed by atoms with van der Waals surface area (Å²) in [5.41, 5.74) is 0. The van der Waals surface area contributed by atoms with E-state index in [0.717, 1.165) is 12.1 Å². The van der Waals surface area contributed by atoms with Gasteiger partial charge in [0.1, 0.15) is 17.5 Å². The molecule has 1 aromatic carbocycles. The Morgan fingerprint density at radius 3 is 1.69 bits per heavy atom. The van der Waals surface area contributed by atoms with Crippen LogP contribution < -0.4 is 5.19 Å². The van der Waals surface area contributed by atoms with Crippen LogP contribution in [0.1, 0.15) is 0 Å².